The Morgan fingerprint density at radius 3 is 2.87 bits per heavy atom. The molecule has 0 aromatic heterocycles. The summed E-state index contributed by atoms with van der Waals surface area (Å²) in [7, 11) is 0. The van der Waals surface area contributed by atoms with Crippen LogP contribution < -0.4 is 5.32 Å². The predicted octanol–water partition coefficient (Wildman–Crippen LogP) is 3.70. The fraction of sp³-hybridized carbons (Fsp3) is 0.455. The van der Waals surface area contributed by atoms with Gasteiger partial charge in [-0.2, -0.15) is 0 Å². The Labute approximate surface area is 103 Å². The van der Waals surface area contributed by atoms with E-state index in [9.17, 15) is 4.39 Å². The third-order valence-corrected chi connectivity index (χ3v) is 3.01. The van der Waals surface area contributed by atoms with E-state index in [0.717, 1.165) is 29.5 Å². The summed E-state index contributed by atoms with van der Waals surface area (Å²) >= 11 is 9.13. The van der Waals surface area contributed by atoms with Gasteiger partial charge in [0.05, 0.1) is 0 Å². The Balaban J connectivity index is 2.37. The van der Waals surface area contributed by atoms with Crippen LogP contribution in [0.5, 0.6) is 0 Å². The normalized spacial score (nSPS) is 12.8. The standard InChI is InChI=1S/C11H14BrClFN/c1-8(13)4-5-15-7-9-2-3-10(14)6-11(9)12/h2-3,6,8,15H,4-5,7H2,1H3. The highest BCUT2D eigenvalue weighted by Gasteiger charge is 2.01. The van der Waals surface area contributed by atoms with Crippen LogP contribution in [0.15, 0.2) is 22.7 Å². The molecule has 15 heavy (non-hydrogen) atoms. The first-order valence-electron chi connectivity index (χ1n) is 4.88. The fourth-order valence-corrected chi connectivity index (χ4v) is 1.79. The number of alkyl halides is 1. The number of benzene rings is 1. The van der Waals surface area contributed by atoms with Gasteiger partial charge >= 0.3 is 0 Å². The van der Waals surface area contributed by atoms with Crippen molar-refractivity contribution in [2.24, 2.45) is 0 Å². The summed E-state index contributed by atoms with van der Waals surface area (Å²) in [5.41, 5.74) is 1.05. The van der Waals surface area contributed by atoms with E-state index in [1.165, 1.54) is 12.1 Å². The second-order valence-corrected chi connectivity index (χ2v) is 5.08. The minimum atomic E-state index is -0.222. The summed E-state index contributed by atoms with van der Waals surface area (Å²) < 4.78 is 13.6. The Bertz CT molecular complexity index is 317. The van der Waals surface area contributed by atoms with Crippen LogP contribution in [0.1, 0.15) is 18.9 Å². The van der Waals surface area contributed by atoms with Crippen LogP contribution in [0.3, 0.4) is 0 Å². The topological polar surface area (TPSA) is 12.0 Å². The van der Waals surface area contributed by atoms with Crippen molar-refractivity contribution in [1.82, 2.24) is 5.32 Å². The second kappa shape index (κ2) is 6.46. The van der Waals surface area contributed by atoms with Gasteiger partial charge in [-0.15, -0.1) is 11.6 Å². The molecule has 0 saturated heterocycles. The van der Waals surface area contributed by atoms with Crippen molar-refractivity contribution >= 4 is 27.5 Å². The second-order valence-electron chi connectivity index (χ2n) is 3.48. The molecule has 0 aliphatic carbocycles. The van der Waals surface area contributed by atoms with E-state index < -0.39 is 0 Å². The van der Waals surface area contributed by atoms with Gasteiger partial charge in [0.25, 0.3) is 0 Å². The van der Waals surface area contributed by atoms with E-state index in [2.05, 4.69) is 21.2 Å². The maximum atomic E-state index is 12.8. The van der Waals surface area contributed by atoms with Crippen molar-refractivity contribution in [3.05, 3.63) is 34.1 Å². The highest BCUT2D eigenvalue weighted by atomic mass is 79.9. The lowest BCUT2D eigenvalue weighted by Crippen LogP contribution is -2.17. The van der Waals surface area contributed by atoms with Gasteiger partial charge in [-0.1, -0.05) is 22.0 Å². The molecule has 0 heterocycles. The van der Waals surface area contributed by atoms with Gasteiger partial charge in [-0.25, -0.2) is 4.39 Å². The summed E-state index contributed by atoms with van der Waals surface area (Å²) in [5, 5.41) is 3.45. The molecule has 84 valence electrons. The van der Waals surface area contributed by atoms with Crippen molar-refractivity contribution in [2.45, 2.75) is 25.3 Å². The smallest absolute Gasteiger partial charge is 0.124 e. The highest BCUT2D eigenvalue weighted by Crippen LogP contribution is 2.17. The first-order chi connectivity index (χ1) is 7.09. The quantitative estimate of drug-likeness (QED) is 0.645. The van der Waals surface area contributed by atoms with E-state index in [1.54, 1.807) is 6.07 Å². The summed E-state index contributed by atoms with van der Waals surface area (Å²) in [5.74, 6) is -0.222. The van der Waals surface area contributed by atoms with Crippen molar-refractivity contribution in [3.63, 3.8) is 0 Å². The summed E-state index contributed by atoms with van der Waals surface area (Å²) in [6.07, 6.45) is 0.931. The molecule has 1 N–H and O–H groups in total. The average molecular weight is 295 g/mol. The van der Waals surface area contributed by atoms with Crippen molar-refractivity contribution in [2.75, 3.05) is 6.54 Å². The third-order valence-electron chi connectivity index (χ3n) is 2.05. The van der Waals surface area contributed by atoms with Gasteiger partial charge in [-0.05, 0) is 37.6 Å². The van der Waals surface area contributed by atoms with Crippen LogP contribution in [0.25, 0.3) is 0 Å². The first-order valence-corrected chi connectivity index (χ1v) is 6.11. The number of halogens is 3. The summed E-state index contributed by atoms with van der Waals surface area (Å²) in [4.78, 5) is 0. The Kier molecular flexibility index (Phi) is 5.58. The SMILES string of the molecule is CC(Cl)CCNCc1ccc(F)cc1Br. The van der Waals surface area contributed by atoms with Crippen LogP contribution in [-0.2, 0) is 6.54 Å². The molecule has 1 aromatic carbocycles. The van der Waals surface area contributed by atoms with E-state index >= 15 is 0 Å². The maximum Gasteiger partial charge on any atom is 0.124 e. The maximum absolute atomic E-state index is 12.8. The molecule has 1 unspecified atom stereocenters. The van der Waals surface area contributed by atoms with E-state index in [-0.39, 0.29) is 11.2 Å². The molecule has 0 spiro atoms. The lowest BCUT2D eigenvalue weighted by atomic mass is 10.2. The summed E-state index contributed by atoms with van der Waals surface area (Å²) in [6, 6.07) is 4.71. The molecule has 1 rings (SSSR count). The molecule has 0 fully saturated rings. The Morgan fingerprint density at radius 2 is 2.27 bits per heavy atom. The molecule has 0 aliphatic rings. The van der Waals surface area contributed by atoms with E-state index in [1.807, 2.05) is 6.92 Å². The van der Waals surface area contributed by atoms with E-state index in [0.29, 0.717) is 0 Å². The Morgan fingerprint density at radius 1 is 1.53 bits per heavy atom. The molecule has 1 nitrogen and oxygen atoms in total. The van der Waals surface area contributed by atoms with Gasteiger partial charge in [0, 0.05) is 16.4 Å². The minimum Gasteiger partial charge on any atom is -0.313 e. The zero-order valence-corrected chi connectivity index (χ0v) is 10.9. The molecule has 0 saturated carbocycles. The van der Waals surface area contributed by atoms with Crippen molar-refractivity contribution < 1.29 is 4.39 Å². The largest absolute Gasteiger partial charge is 0.313 e. The molecule has 0 bridgehead atoms. The lowest BCUT2D eigenvalue weighted by Gasteiger charge is -2.07. The molecule has 0 radical (unpaired) electrons. The zero-order valence-electron chi connectivity index (χ0n) is 8.56. The molecule has 0 aliphatic heterocycles. The van der Waals surface area contributed by atoms with Crippen molar-refractivity contribution in [1.29, 1.82) is 0 Å². The van der Waals surface area contributed by atoms with Gasteiger partial charge in [0.2, 0.25) is 0 Å². The molecule has 1 aromatic rings. The van der Waals surface area contributed by atoms with Gasteiger partial charge < -0.3 is 5.32 Å². The molecule has 0 amide bonds. The molecular formula is C11H14BrClFN. The predicted molar refractivity (Wildman–Crippen MR) is 65.7 cm³/mol. The Hall–Kier alpha value is -0.120. The van der Waals surface area contributed by atoms with Crippen LogP contribution in [-0.4, -0.2) is 11.9 Å². The molecule has 4 heteroatoms. The number of rotatable bonds is 5. The number of hydrogen-bond donors (Lipinski definition) is 1. The average Bonchev–Trinajstić information content (AvgIpc) is 2.14. The van der Waals surface area contributed by atoms with Crippen LogP contribution >= 0.6 is 27.5 Å². The third kappa shape index (κ3) is 4.96. The molecular weight excluding hydrogens is 280 g/mol. The number of nitrogens with one attached hydrogen (secondary N) is 1. The van der Waals surface area contributed by atoms with E-state index in [4.69, 9.17) is 11.6 Å². The number of hydrogen-bond acceptors (Lipinski definition) is 1. The summed E-state index contributed by atoms with van der Waals surface area (Å²) in [6.45, 7) is 3.57. The van der Waals surface area contributed by atoms with Gasteiger partial charge in [0.15, 0.2) is 0 Å². The van der Waals surface area contributed by atoms with Crippen molar-refractivity contribution in [3.8, 4) is 0 Å². The van der Waals surface area contributed by atoms with Crippen LogP contribution in [0.4, 0.5) is 4.39 Å². The highest BCUT2D eigenvalue weighted by molar-refractivity contribution is 9.10. The monoisotopic (exact) mass is 293 g/mol. The van der Waals surface area contributed by atoms with Gasteiger partial charge in [-0.3, -0.25) is 0 Å². The van der Waals surface area contributed by atoms with Gasteiger partial charge in [0.1, 0.15) is 5.82 Å². The minimum absolute atomic E-state index is 0.189. The van der Waals surface area contributed by atoms with Crippen LogP contribution in [0.2, 0.25) is 0 Å². The fourth-order valence-electron chi connectivity index (χ4n) is 1.19. The molecule has 1 atom stereocenters. The first kappa shape index (κ1) is 12.9. The zero-order chi connectivity index (χ0) is 11.3. The van der Waals surface area contributed by atoms with Crippen LogP contribution in [0, 0.1) is 5.82 Å². The lowest BCUT2D eigenvalue weighted by molar-refractivity contribution is 0.620.